The number of furan rings is 1. The van der Waals surface area contributed by atoms with E-state index in [0.717, 1.165) is 5.56 Å². The number of hydrogen-bond donors (Lipinski definition) is 1. The molecular weight excluding hydrogens is 506 g/mol. The molecule has 1 fully saturated rings. The highest BCUT2D eigenvalue weighted by atomic mass is 32.2. The third-order valence-corrected chi connectivity index (χ3v) is 8.36. The molecule has 4 rings (SSSR count). The Balaban J connectivity index is 1.49. The molecule has 0 radical (unpaired) electrons. The molecule has 0 saturated carbocycles. The van der Waals surface area contributed by atoms with Gasteiger partial charge in [-0.1, -0.05) is 51.1 Å². The van der Waals surface area contributed by atoms with Gasteiger partial charge in [0.15, 0.2) is 5.76 Å². The van der Waals surface area contributed by atoms with Gasteiger partial charge >= 0.3 is 0 Å². The van der Waals surface area contributed by atoms with Crippen LogP contribution < -0.4 is 5.32 Å². The minimum absolute atomic E-state index is 0.0312. The summed E-state index contributed by atoms with van der Waals surface area (Å²) in [6, 6.07) is 17.8. The summed E-state index contributed by atoms with van der Waals surface area (Å²) in [7, 11) is -4.27. The van der Waals surface area contributed by atoms with Gasteiger partial charge < -0.3 is 19.5 Å². The van der Waals surface area contributed by atoms with E-state index in [1.54, 1.807) is 35.2 Å². The first-order valence-electron chi connectivity index (χ1n) is 12.3. The summed E-state index contributed by atoms with van der Waals surface area (Å²) in [5, 5.41) is 0.488. The van der Waals surface area contributed by atoms with E-state index in [9.17, 15) is 22.8 Å². The third-order valence-electron chi connectivity index (χ3n) is 6.49. The van der Waals surface area contributed by atoms with Crippen molar-refractivity contribution in [2.45, 2.75) is 36.5 Å². The van der Waals surface area contributed by atoms with E-state index < -0.39 is 27.0 Å². The van der Waals surface area contributed by atoms with Crippen molar-refractivity contribution in [3.8, 4) is 0 Å². The van der Waals surface area contributed by atoms with Crippen LogP contribution in [0.1, 0.15) is 47.2 Å². The summed E-state index contributed by atoms with van der Waals surface area (Å²) in [4.78, 5) is 42.1. The second-order valence-corrected chi connectivity index (χ2v) is 12.2. The van der Waals surface area contributed by atoms with Crippen molar-refractivity contribution in [3.63, 3.8) is 0 Å². The van der Waals surface area contributed by atoms with Gasteiger partial charge in [0.1, 0.15) is 0 Å². The molecule has 9 nitrogen and oxygen atoms in total. The Hall–Kier alpha value is -3.92. The van der Waals surface area contributed by atoms with E-state index in [1.807, 2.05) is 12.1 Å². The predicted molar refractivity (Wildman–Crippen MR) is 141 cm³/mol. The van der Waals surface area contributed by atoms with Crippen LogP contribution in [0.3, 0.4) is 0 Å². The number of nitrogens with zero attached hydrogens (tertiary/aromatic N) is 2. The van der Waals surface area contributed by atoms with E-state index in [0.29, 0.717) is 5.56 Å². The van der Waals surface area contributed by atoms with Gasteiger partial charge in [0.2, 0.25) is 15.2 Å². The molecule has 200 valence electrons. The summed E-state index contributed by atoms with van der Waals surface area (Å²) < 4.78 is 31.9. The number of benzene rings is 2. The smallest absolute Gasteiger partial charge is 0.288 e. The lowest BCUT2D eigenvalue weighted by Crippen LogP contribution is -2.57. The van der Waals surface area contributed by atoms with Crippen molar-refractivity contribution in [1.82, 2.24) is 15.1 Å². The van der Waals surface area contributed by atoms with Crippen molar-refractivity contribution in [1.29, 1.82) is 0 Å². The van der Waals surface area contributed by atoms with Crippen LogP contribution in [-0.4, -0.2) is 67.5 Å². The highest BCUT2D eigenvalue weighted by Crippen LogP contribution is 2.23. The van der Waals surface area contributed by atoms with Gasteiger partial charge in [-0.25, -0.2) is 8.42 Å². The Kier molecular flexibility index (Phi) is 7.73. The zero-order valence-electron chi connectivity index (χ0n) is 21.6. The topological polar surface area (TPSA) is 117 Å². The van der Waals surface area contributed by atoms with Gasteiger partial charge in [0, 0.05) is 31.7 Å². The Morgan fingerprint density at radius 3 is 2.00 bits per heavy atom. The Morgan fingerprint density at radius 1 is 0.842 bits per heavy atom. The fourth-order valence-electron chi connectivity index (χ4n) is 4.21. The van der Waals surface area contributed by atoms with Crippen LogP contribution in [0.5, 0.6) is 0 Å². The number of carbonyl (C=O) groups excluding carboxylic acids is 3. The number of hydrogen-bond acceptors (Lipinski definition) is 6. The normalized spacial score (nSPS) is 15.1. The van der Waals surface area contributed by atoms with Gasteiger partial charge in [0.05, 0.1) is 11.2 Å². The van der Waals surface area contributed by atoms with Crippen LogP contribution >= 0.6 is 0 Å². The SMILES string of the molecule is CC(C)(C)c1ccc(C(=O)N2CCN(C(=O)[C@@H](NC(=O)c3ccco3)S(=O)(=O)c3ccccc3)CC2)cc1. The lowest BCUT2D eigenvalue weighted by Gasteiger charge is -2.36. The lowest BCUT2D eigenvalue weighted by atomic mass is 9.86. The molecule has 2 aromatic carbocycles. The summed E-state index contributed by atoms with van der Waals surface area (Å²) in [5.41, 5.74) is 1.64. The summed E-state index contributed by atoms with van der Waals surface area (Å²) in [6.45, 7) is 7.02. The summed E-state index contributed by atoms with van der Waals surface area (Å²) in [5.74, 6) is -1.85. The molecule has 1 atom stereocenters. The molecule has 1 aliphatic rings. The van der Waals surface area contributed by atoms with Crippen LogP contribution in [-0.2, 0) is 20.0 Å². The molecule has 3 amide bonds. The maximum absolute atomic E-state index is 13.5. The monoisotopic (exact) mass is 537 g/mol. The Morgan fingerprint density at radius 2 is 1.45 bits per heavy atom. The summed E-state index contributed by atoms with van der Waals surface area (Å²) >= 11 is 0. The van der Waals surface area contributed by atoms with E-state index in [-0.39, 0.29) is 48.2 Å². The van der Waals surface area contributed by atoms with Crippen molar-refractivity contribution in [3.05, 3.63) is 89.9 Å². The first-order chi connectivity index (χ1) is 18.0. The molecule has 10 heteroatoms. The minimum atomic E-state index is -4.27. The van der Waals surface area contributed by atoms with Crippen LogP contribution in [0.2, 0.25) is 0 Å². The minimum Gasteiger partial charge on any atom is -0.459 e. The van der Waals surface area contributed by atoms with E-state index in [2.05, 4.69) is 26.1 Å². The van der Waals surface area contributed by atoms with Gasteiger partial charge in [-0.05, 0) is 47.4 Å². The standard InChI is InChI=1S/C28H31N3O6S/c1-28(2,3)21-13-11-20(12-14-21)26(33)30-15-17-31(18-16-30)27(34)25(29-24(32)23-10-7-19-37-23)38(35,36)22-8-5-4-6-9-22/h4-14,19,25H,15-18H2,1-3H3,(H,29,32)/t25-/m0/s1. The highest BCUT2D eigenvalue weighted by molar-refractivity contribution is 7.92. The Labute approximate surface area is 222 Å². The highest BCUT2D eigenvalue weighted by Gasteiger charge is 2.40. The average Bonchev–Trinajstić information content (AvgIpc) is 3.46. The molecular formula is C28H31N3O6S. The quantitative estimate of drug-likeness (QED) is 0.517. The molecule has 1 aromatic heterocycles. The number of carbonyl (C=O) groups is 3. The van der Waals surface area contributed by atoms with Gasteiger partial charge in [0.25, 0.3) is 17.7 Å². The fraction of sp³-hybridized carbons (Fsp3) is 0.321. The van der Waals surface area contributed by atoms with Gasteiger partial charge in [-0.3, -0.25) is 14.4 Å². The van der Waals surface area contributed by atoms with Crippen LogP contribution in [0, 0.1) is 0 Å². The van der Waals surface area contributed by atoms with Crippen molar-refractivity contribution in [2.75, 3.05) is 26.2 Å². The fourth-order valence-corrected chi connectivity index (χ4v) is 5.69. The first kappa shape index (κ1) is 27.1. The zero-order chi connectivity index (χ0) is 27.5. The molecule has 38 heavy (non-hydrogen) atoms. The van der Waals surface area contributed by atoms with E-state index in [4.69, 9.17) is 4.42 Å². The predicted octanol–water partition coefficient (Wildman–Crippen LogP) is 3.09. The average molecular weight is 538 g/mol. The van der Waals surface area contributed by atoms with Gasteiger partial charge in [-0.15, -0.1) is 0 Å². The van der Waals surface area contributed by atoms with Crippen molar-refractivity contribution >= 4 is 27.6 Å². The number of sulfone groups is 1. The summed E-state index contributed by atoms with van der Waals surface area (Å²) in [6.07, 6.45) is 1.28. The molecule has 0 bridgehead atoms. The molecule has 1 saturated heterocycles. The number of rotatable bonds is 6. The van der Waals surface area contributed by atoms with E-state index >= 15 is 0 Å². The molecule has 0 unspecified atom stereocenters. The van der Waals surface area contributed by atoms with Crippen LogP contribution in [0.25, 0.3) is 0 Å². The molecule has 1 aliphatic heterocycles. The molecule has 3 aromatic rings. The second kappa shape index (κ2) is 10.8. The zero-order valence-corrected chi connectivity index (χ0v) is 22.4. The molecule has 0 aliphatic carbocycles. The second-order valence-electron chi connectivity index (χ2n) is 10.1. The first-order valence-corrected chi connectivity index (χ1v) is 13.8. The molecule has 0 spiro atoms. The molecule has 1 N–H and O–H groups in total. The lowest BCUT2D eigenvalue weighted by molar-refractivity contribution is -0.132. The maximum atomic E-state index is 13.5. The van der Waals surface area contributed by atoms with Crippen LogP contribution in [0.15, 0.2) is 82.3 Å². The van der Waals surface area contributed by atoms with Crippen molar-refractivity contribution < 1.29 is 27.2 Å². The third kappa shape index (κ3) is 5.80. The largest absolute Gasteiger partial charge is 0.459 e. The number of amides is 3. The Bertz CT molecular complexity index is 1390. The number of piperazine rings is 1. The van der Waals surface area contributed by atoms with Crippen molar-refractivity contribution in [2.24, 2.45) is 0 Å². The maximum Gasteiger partial charge on any atom is 0.288 e. The van der Waals surface area contributed by atoms with E-state index in [1.165, 1.54) is 35.4 Å². The number of nitrogens with one attached hydrogen (secondary N) is 1. The van der Waals surface area contributed by atoms with Crippen LogP contribution in [0.4, 0.5) is 0 Å². The van der Waals surface area contributed by atoms with Gasteiger partial charge in [-0.2, -0.15) is 0 Å². The molecule has 2 heterocycles.